The molecular formula is C19H23N5O3. The molecule has 0 saturated carbocycles. The van der Waals surface area contributed by atoms with Crippen LogP contribution in [0.3, 0.4) is 0 Å². The van der Waals surface area contributed by atoms with E-state index in [1.54, 1.807) is 0 Å². The van der Waals surface area contributed by atoms with E-state index in [2.05, 4.69) is 27.3 Å². The first-order valence-corrected chi connectivity index (χ1v) is 9.00. The Bertz CT molecular complexity index is 812. The van der Waals surface area contributed by atoms with Gasteiger partial charge in [0, 0.05) is 25.2 Å². The van der Waals surface area contributed by atoms with Crippen LogP contribution in [-0.4, -0.2) is 39.8 Å². The maximum absolute atomic E-state index is 11.7. The van der Waals surface area contributed by atoms with Gasteiger partial charge in [-0.3, -0.25) is 19.8 Å². The van der Waals surface area contributed by atoms with Gasteiger partial charge < -0.3 is 11.1 Å². The number of benzene rings is 1. The molecule has 0 spiro atoms. The second kappa shape index (κ2) is 8.59. The quantitative estimate of drug-likeness (QED) is 0.572. The molecule has 0 aliphatic carbocycles. The molecule has 142 valence electrons. The van der Waals surface area contributed by atoms with Crippen LogP contribution < -0.4 is 11.1 Å². The van der Waals surface area contributed by atoms with Crippen molar-refractivity contribution in [1.82, 2.24) is 9.88 Å². The molecule has 0 radical (unpaired) electrons. The Morgan fingerprint density at radius 3 is 2.81 bits per heavy atom. The van der Waals surface area contributed by atoms with Gasteiger partial charge in [0.1, 0.15) is 12.0 Å². The smallest absolute Gasteiger partial charge is 0.288 e. The highest BCUT2D eigenvalue weighted by Crippen LogP contribution is 2.22. The third-order valence-electron chi connectivity index (χ3n) is 4.83. The van der Waals surface area contributed by atoms with E-state index in [0.717, 1.165) is 38.5 Å². The van der Waals surface area contributed by atoms with Crippen LogP contribution in [0.25, 0.3) is 0 Å². The van der Waals surface area contributed by atoms with Crippen LogP contribution in [0, 0.1) is 10.1 Å². The average Bonchev–Trinajstić information content (AvgIpc) is 2.68. The molecule has 0 bridgehead atoms. The summed E-state index contributed by atoms with van der Waals surface area (Å²) in [7, 11) is 0. The highest BCUT2D eigenvalue weighted by molar-refractivity contribution is 5.98. The minimum atomic E-state index is -0.738. The van der Waals surface area contributed by atoms with E-state index in [-0.39, 0.29) is 17.3 Å². The number of hydrogen-bond donors (Lipinski definition) is 2. The number of amides is 1. The van der Waals surface area contributed by atoms with Gasteiger partial charge in [0.15, 0.2) is 0 Å². The van der Waals surface area contributed by atoms with Crippen molar-refractivity contribution in [2.24, 2.45) is 5.73 Å². The van der Waals surface area contributed by atoms with E-state index in [1.165, 1.54) is 11.6 Å². The first-order valence-electron chi connectivity index (χ1n) is 9.00. The lowest BCUT2D eigenvalue weighted by molar-refractivity contribution is -0.385. The number of aromatic nitrogens is 1. The fraction of sp³-hybridized carbons (Fsp3) is 0.368. The minimum absolute atomic E-state index is 0.0367. The zero-order valence-corrected chi connectivity index (χ0v) is 15.0. The van der Waals surface area contributed by atoms with Crippen LogP contribution in [-0.2, 0) is 6.54 Å². The fourth-order valence-corrected chi connectivity index (χ4v) is 3.41. The third kappa shape index (κ3) is 4.79. The van der Waals surface area contributed by atoms with E-state index >= 15 is 0 Å². The summed E-state index contributed by atoms with van der Waals surface area (Å²) in [5, 5.41) is 14.1. The number of hydrogen-bond acceptors (Lipinski definition) is 6. The Morgan fingerprint density at radius 2 is 2.11 bits per heavy atom. The number of nitrogens with zero attached hydrogens (tertiary/aromatic N) is 3. The Labute approximate surface area is 157 Å². The van der Waals surface area contributed by atoms with Gasteiger partial charge in [-0.1, -0.05) is 36.8 Å². The van der Waals surface area contributed by atoms with E-state index in [0.29, 0.717) is 12.4 Å². The van der Waals surface area contributed by atoms with Crippen molar-refractivity contribution in [3.05, 3.63) is 63.8 Å². The van der Waals surface area contributed by atoms with Crippen molar-refractivity contribution in [3.8, 4) is 0 Å². The van der Waals surface area contributed by atoms with Crippen molar-refractivity contribution in [2.75, 3.05) is 18.4 Å². The van der Waals surface area contributed by atoms with Gasteiger partial charge in [0.05, 0.1) is 10.5 Å². The van der Waals surface area contributed by atoms with Crippen molar-refractivity contribution >= 4 is 17.4 Å². The highest BCUT2D eigenvalue weighted by atomic mass is 16.6. The zero-order chi connectivity index (χ0) is 19.2. The molecule has 1 amide bonds. The first kappa shape index (κ1) is 18.8. The van der Waals surface area contributed by atoms with Crippen molar-refractivity contribution in [2.45, 2.75) is 31.8 Å². The number of anilines is 1. The number of carbonyl (C=O) groups excluding carboxylic acids is 1. The van der Waals surface area contributed by atoms with Crippen LogP contribution in [0.1, 0.15) is 35.2 Å². The Kier molecular flexibility index (Phi) is 5.97. The zero-order valence-electron chi connectivity index (χ0n) is 15.0. The van der Waals surface area contributed by atoms with Crippen LogP contribution in [0.4, 0.5) is 11.5 Å². The van der Waals surface area contributed by atoms with Gasteiger partial charge in [0.2, 0.25) is 0 Å². The molecule has 3 N–H and O–H groups in total. The number of likely N-dealkylation sites (tertiary alicyclic amines) is 1. The number of rotatable bonds is 7. The number of primary amides is 1. The molecule has 27 heavy (non-hydrogen) atoms. The number of nitro groups is 1. The summed E-state index contributed by atoms with van der Waals surface area (Å²) in [5.41, 5.74) is 6.41. The Morgan fingerprint density at radius 1 is 1.33 bits per heavy atom. The standard InChI is InChI=1S/C19H23N5O3/c20-18(25)17-10-16(24(26)27)12-22-19(17)21-11-15-8-4-5-9-23(15)13-14-6-2-1-3-7-14/h1-3,6-7,10,12,15H,4-5,8-9,11,13H2,(H2,20,25)(H,21,22). The number of nitrogens with one attached hydrogen (secondary N) is 1. The van der Waals surface area contributed by atoms with E-state index in [4.69, 9.17) is 5.73 Å². The normalized spacial score (nSPS) is 17.4. The summed E-state index contributed by atoms with van der Waals surface area (Å²) < 4.78 is 0. The molecule has 2 heterocycles. The van der Waals surface area contributed by atoms with Crippen molar-refractivity contribution < 1.29 is 9.72 Å². The predicted molar refractivity (Wildman–Crippen MR) is 102 cm³/mol. The predicted octanol–water partition coefficient (Wildman–Crippen LogP) is 2.56. The van der Waals surface area contributed by atoms with Crippen LogP contribution in [0.5, 0.6) is 0 Å². The number of carbonyl (C=O) groups is 1. The monoisotopic (exact) mass is 369 g/mol. The lowest BCUT2D eigenvalue weighted by atomic mass is 10.0. The topological polar surface area (TPSA) is 114 Å². The highest BCUT2D eigenvalue weighted by Gasteiger charge is 2.23. The Balaban J connectivity index is 1.70. The molecular weight excluding hydrogens is 346 g/mol. The molecule has 3 rings (SSSR count). The summed E-state index contributed by atoms with van der Waals surface area (Å²) in [6, 6.07) is 11.8. The summed E-state index contributed by atoms with van der Waals surface area (Å²) in [4.78, 5) is 28.4. The molecule has 1 aromatic carbocycles. The minimum Gasteiger partial charge on any atom is -0.368 e. The number of pyridine rings is 1. The van der Waals surface area contributed by atoms with Crippen LogP contribution in [0.2, 0.25) is 0 Å². The molecule has 1 atom stereocenters. The molecule has 1 aromatic heterocycles. The second-order valence-electron chi connectivity index (χ2n) is 6.70. The van der Waals surface area contributed by atoms with E-state index in [9.17, 15) is 14.9 Å². The van der Waals surface area contributed by atoms with Gasteiger partial charge in [-0.25, -0.2) is 4.98 Å². The maximum atomic E-state index is 11.7. The molecule has 1 aliphatic heterocycles. The van der Waals surface area contributed by atoms with E-state index < -0.39 is 10.8 Å². The largest absolute Gasteiger partial charge is 0.368 e. The molecule has 1 saturated heterocycles. The first-order chi connectivity index (χ1) is 13.0. The molecule has 8 heteroatoms. The maximum Gasteiger partial charge on any atom is 0.288 e. The lowest BCUT2D eigenvalue weighted by Gasteiger charge is -2.36. The van der Waals surface area contributed by atoms with Gasteiger partial charge in [-0.05, 0) is 24.9 Å². The van der Waals surface area contributed by atoms with Crippen LogP contribution >= 0.6 is 0 Å². The van der Waals surface area contributed by atoms with Crippen molar-refractivity contribution in [3.63, 3.8) is 0 Å². The summed E-state index contributed by atoms with van der Waals surface area (Å²) in [6.45, 7) is 2.47. The second-order valence-corrected chi connectivity index (χ2v) is 6.70. The number of nitrogens with two attached hydrogens (primary N) is 1. The summed E-state index contributed by atoms with van der Waals surface area (Å²) in [6.07, 6.45) is 4.48. The SMILES string of the molecule is NC(=O)c1cc([N+](=O)[O-])cnc1NCC1CCCCN1Cc1ccccc1. The molecule has 8 nitrogen and oxygen atoms in total. The molecule has 1 aliphatic rings. The average molecular weight is 369 g/mol. The summed E-state index contributed by atoms with van der Waals surface area (Å²) in [5.74, 6) is -0.447. The summed E-state index contributed by atoms with van der Waals surface area (Å²) >= 11 is 0. The lowest BCUT2D eigenvalue weighted by Crippen LogP contribution is -2.43. The fourth-order valence-electron chi connectivity index (χ4n) is 3.41. The Hall–Kier alpha value is -3.00. The van der Waals surface area contributed by atoms with Crippen molar-refractivity contribution in [1.29, 1.82) is 0 Å². The number of piperidine rings is 1. The van der Waals surface area contributed by atoms with Gasteiger partial charge in [0.25, 0.3) is 11.6 Å². The molecule has 1 fully saturated rings. The van der Waals surface area contributed by atoms with Crippen LogP contribution in [0.15, 0.2) is 42.6 Å². The van der Waals surface area contributed by atoms with Gasteiger partial charge in [-0.15, -0.1) is 0 Å². The van der Waals surface area contributed by atoms with Gasteiger partial charge in [-0.2, -0.15) is 0 Å². The van der Waals surface area contributed by atoms with Gasteiger partial charge >= 0.3 is 0 Å². The third-order valence-corrected chi connectivity index (χ3v) is 4.83. The molecule has 2 aromatic rings. The van der Waals surface area contributed by atoms with E-state index in [1.807, 2.05) is 18.2 Å². The molecule has 1 unspecified atom stereocenters.